The molecule has 1 aliphatic heterocycles. The summed E-state index contributed by atoms with van der Waals surface area (Å²) < 4.78 is 29.2. The van der Waals surface area contributed by atoms with Crippen molar-refractivity contribution in [1.82, 2.24) is 9.78 Å². The molecule has 1 aliphatic rings. The quantitative estimate of drug-likeness (QED) is 0.598. The highest BCUT2D eigenvalue weighted by Gasteiger charge is 2.23. The number of benzene rings is 2. The minimum atomic E-state index is -0.496. The molecule has 0 amide bonds. The maximum absolute atomic E-state index is 15.0. The first kappa shape index (κ1) is 21.4. The third-order valence-electron chi connectivity index (χ3n) is 5.36. The van der Waals surface area contributed by atoms with Crippen LogP contribution in [0.4, 0.5) is 20.2 Å². The third kappa shape index (κ3) is 4.59. The fourth-order valence-corrected chi connectivity index (χ4v) is 3.69. The second kappa shape index (κ2) is 9.55. The molecule has 6 nitrogen and oxygen atoms in total. The van der Waals surface area contributed by atoms with Crippen molar-refractivity contribution in [3.05, 3.63) is 94.8 Å². The topological polar surface area (TPSA) is 76.5 Å². The summed E-state index contributed by atoms with van der Waals surface area (Å²) in [5.41, 5.74) is 7.02. The first-order valence-electron chi connectivity index (χ1n) is 10.3. The van der Waals surface area contributed by atoms with Crippen molar-refractivity contribution in [2.24, 2.45) is 16.6 Å². The average Bonchev–Trinajstić information content (AvgIpc) is 3.29. The van der Waals surface area contributed by atoms with Crippen LogP contribution < -0.4 is 16.1 Å². The second-order valence-electron chi connectivity index (χ2n) is 7.56. The van der Waals surface area contributed by atoms with E-state index in [9.17, 15) is 13.6 Å². The zero-order valence-corrected chi connectivity index (χ0v) is 17.4. The number of aromatic nitrogens is 2. The average molecular weight is 435 g/mol. The van der Waals surface area contributed by atoms with Crippen LogP contribution in [0.5, 0.6) is 0 Å². The van der Waals surface area contributed by atoms with Gasteiger partial charge in [0.1, 0.15) is 5.69 Å². The highest BCUT2D eigenvalue weighted by molar-refractivity contribution is 6.08. The van der Waals surface area contributed by atoms with Crippen molar-refractivity contribution in [3.63, 3.8) is 0 Å². The zero-order chi connectivity index (χ0) is 22.5. The molecule has 1 atom stereocenters. The fraction of sp³-hybridized carbons (Fsp3) is 0.208. The molecule has 0 radical (unpaired) electrons. The Hall–Kier alpha value is -3.81. The molecular formula is C24H23F2N5O. The Morgan fingerprint density at radius 1 is 1.22 bits per heavy atom. The molecule has 2 heterocycles. The number of hydrogen-bond acceptors (Lipinski definition) is 5. The molecule has 1 unspecified atom stereocenters. The van der Waals surface area contributed by atoms with Crippen molar-refractivity contribution in [2.75, 3.05) is 24.7 Å². The first-order valence-corrected chi connectivity index (χ1v) is 10.3. The van der Waals surface area contributed by atoms with Crippen molar-refractivity contribution in [3.8, 4) is 5.69 Å². The van der Waals surface area contributed by atoms with E-state index < -0.39 is 5.82 Å². The van der Waals surface area contributed by atoms with Gasteiger partial charge in [-0.25, -0.2) is 14.1 Å². The molecule has 8 heteroatoms. The predicted molar refractivity (Wildman–Crippen MR) is 122 cm³/mol. The van der Waals surface area contributed by atoms with E-state index in [1.807, 2.05) is 23.1 Å². The van der Waals surface area contributed by atoms with Gasteiger partial charge in [0, 0.05) is 37.0 Å². The summed E-state index contributed by atoms with van der Waals surface area (Å²) in [6.07, 6.45) is 4.92. The maximum Gasteiger partial charge on any atom is 0.209 e. The number of halogens is 2. The highest BCUT2D eigenvalue weighted by atomic mass is 19.1. The standard InChI is InChI=1S/C24H23F2N5O/c25-15-17-9-12-30(16-17)19-6-7-22(20(26)14-19)31-13-10-23(32)24(29-31)21(8-11-27)28-18-4-2-1-3-5-18/h1-8,10-11,13-14,17H,9,12,15-16,27H2. The van der Waals surface area contributed by atoms with Gasteiger partial charge in [0.05, 0.1) is 18.1 Å². The van der Waals surface area contributed by atoms with Gasteiger partial charge in [0.25, 0.3) is 0 Å². The van der Waals surface area contributed by atoms with Crippen molar-refractivity contribution in [1.29, 1.82) is 0 Å². The molecule has 0 spiro atoms. The number of para-hydroxylation sites is 1. The summed E-state index contributed by atoms with van der Waals surface area (Å²) >= 11 is 0. The number of nitrogens with zero attached hydrogens (tertiary/aromatic N) is 4. The van der Waals surface area contributed by atoms with Crippen LogP contribution in [0.2, 0.25) is 0 Å². The van der Waals surface area contributed by atoms with E-state index in [4.69, 9.17) is 5.73 Å². The first-order chi connectivity index (χ1) is 15.6. The monoisotopic (exact) mass is 435 g/mol. The lowest BCUT2D eigenvalue weighted by Gasteiger charge is -2.19. The minimum Gasteiger partial charge on any atom is -0.405 e. The Labute approximate surface area is 184 Å². The van der Waals surface area contributed by atoms with Gasteiger partial charge >= 0.3 is 0 Å². The molecule has 164 valence electrons. The third-order valence-corrected chi connectivity index (χ3v) is 5.36. The Balaban J connectivity index is 1.69. The van der Waals surface area contributed by atoms with E-state index in [1.54, 1.807) is 24.3 Å². The lowest BCUT2D eigenvalue weighted by molar-refractivity contribution is 0.385. The molecule has 32 heavy (non-hydrogen) atoms. The summed E-state index contributed by atoms with van der Waals surface area (Å²) in [7, 11) is 0. The number of nitrogens with two attached hydrogens (primary N) is 1. The van der Waals surface area contributed by atoms with Crippen molar-refractivity contribution < 1.29 is 8.78 Å². The molecule has 2 aromatic carbocycles. The lowest BCUT2D eigenvalue weighted by atomic mass is 10.1. The van der Waals surface area contributed by atoms with Gasteiger partial charge in [-0.3, -0.25) is 9.18 Å². The molecule has 4 rings (SSSR count). The van der Waals surface area contributed by atoms with Crippen LogP contribution in [-0.2, 0) is 0 Å². The van der Waals surface area contributed by atoms with Gasteiger partial charge in [-0.2, -0.15) is 5.10 Å². The summed E-state index contributed by atoms with van der Waals surface area (Å²) in [5, 5.41) is 4.33. The molecule has 1 saturated heterocycles. The Kier molecular flexibility index (Phi) is 6.39. The van der Waals surface area contributed by atoms with E-state index in [-0.39, 0.29) is 35.1 Å². The van der Waals surface area contributed by atoms with Crippen LogP contribution in [0.15, 0.2) is 82.9 Å². The van der Waals surface area contributed by atoms with Gasteiger partial charge in [0.2, 0.25) is 5.43 Å². The summed E-state index contributed by atoms with van der Waals surface area (Å²) in [6.45, 7) is 0.893. The van der Waals surface area contributed by atoms with Crippen molar-refractivity contribution in [2.45, 2.75) is 6.42 Å². The van der Waals surface area contributed by atoms with Crippen LogP contribution in [0.1, 0.15) is 12.1 Å². The Morgan fingerprint density at radius 3 is 2.72 bits per heavy atom. The molecule has 2 N–H and O–H groups in total. The van der Waals surface area contributed by atoms with E-state index in [1.165, 1.54) is 35.3 Å². The van der Waals surface area contributed by atoms with Gasteiger partial charge in [0.15, 0.2) is 11.5 Å². The lowest BCUT2D eigenvalue weighted by Crippen LogP contribution is -2.22. The number of hydrogen-bond donors (Lipinski definition) is 1. The summed E-state index contributed by atoms with van der Waals surface area (Å²) in [5.74, 6) is -0.511. The van der Waals surface area contributed by atoms with Gasteiger partial charge in [-0.05, 0) is 49.0 Å². The maximum atomic E-state index is 15.0. The molecule has 0 saturated carbocycles. The number of alkyl halides is 1. The highest BCUT2D eigenvalue weighted by Crippen LogP contribution is 2.26. The Morgan fingerprint density at radius 2 is 2.03 bits per heavy atom. The smallest absolute Gasteiger partial charge is 0.209 e. The van der Waals surface area contributed by atoms with Gasteiger partial charge in [-0.1, -0.05) is 18.2 Å². The Bertz CT molecular complexity index is 1210. The molecule has 0 bridgehead atoms. The van der Waals surface area contributed by atoms with Crippen LogP contribution in [0.3, 0.4) is 0 Å². The van der Waals surface area contributed by atoms with Crippen molar-refractivity contribution >= 4 is 17.1 Å². The summed E-state index contributed by atoms with van der Waals surface area (Å²) in [4.78, 5) is 19.0. The SMILES string of the molecule is NC=CC(=Nc1ccccc1)c1nn(-c2ccc(N3CCC(CF)C3)cc2F)ccc1=O. The fourth-order valence-electron chi connectivity index (χ4n) is 3.69. The van der Waals surface area contributed by atoms with E-state index in [2.05, 4.69) is 10.1 Å². The predicted octanol–water partition coefficient (Wildman–Crippen LogP) is 3.76. The van der Waals surface area contributed by atoms with Crippen LogP contribution in [0.25, 0.3) is 5.69 Å². The van der Waals surface area contributed by atoms with Crippen LogP contribution in [-0.4, -0.2) is 35.3 Å². The van der Waals surface area contributed by atoms with E-state index in [0.29, 0.717) is 24.5 Å². The van der Waals surface area contributed by atoms with E-state index in [0.717, 1.165) is 6.42 Å². The van der Waals surface area contributed by atoms with E-state index >= 15 is 0 Å². The molecule has 0 aliphatic carbocycles. The minimum absolute atomic E-state index is 0.0149. The molecule has 1 aromatic heterocycles. The number of allylic oxidation sites excluding steroid dienone is 1. The van der Waals surface area contributed by atoms with Crippen LogP contribution >= 0.6 is 0 Å². The largest absolute Gasteiger partial charge is 0.405 e. The summed E-state index contributed by atoms with van der Waals surface area (Å²) in [6, 6.07) is 15.2. The molecule has 1 fully saturated rings. The second-order valence-corrected chi connectivity index (χ2v) is 7.56. The normalized spacial score (nSPS) is 16.8. The molecular weight excluding hydrogens is 412 g/mol. The van der Waals surface area contributed by atoms with Crippen LogP contribution in [0, 0.1) is 11.7 Å². The molecule has 3 aromatic rings. The zero-order valence-electron chi connectivity index (χ0n) is 17.4. The van der Waals surface area contributed by atoms with Gasteiger partial charge in [-0.15, -0.1) is 0 Å². The van der Waals surface area contributed by atoms with Gasteiger partial charge < -0.3 is 10.6 Å². The number of rotatable bonds is 6. The number of aliphatic imine (C=N–C) groups is 1. The number of anilines is 1.